The first-order valence-electron chi connectivity index (χ1n) is 20.1. The van der Waals surface area contributed by atoms with Crippen molar-refractivity contribution in [2.75, 3.05) is 90.7 Å². The van der Waals surface area contributed by atoms with Crippen LogP contribution in [0, 0.1) is 0 Å². The highest BCUT2D eigenvalue weighted by molar-refractivity contribution is 6.28. The van der Waals surface area contributed by atoms with Crippen LogP contribution in [0.5, 0.6) is 0 Å². The molecule has 4 aliphatic rings. The van der Waals surface area contributed by atoms with Gasteiger partial charge in [-0.25, -0.2) is 0 Å². The molecule has 0 amide bonds. The molecule has 2 aliphatic carbocycles. The topological polar surface area (TPSA) is 216 Å². The third kappa shape index (κ3) is 11.8. The zero-order chi connectivity index (χ0) is 40.1. The monoisotopic (exact) mass is 812 g/mol. The molecular weight excluding hydrogens is 760 g/mol. The average molecular weight is 813 g/mol. The number of aromatic nitrogens is 8. The summed E-state index contributed by atoms with van der Waals surface area (Å²) in [5, 5.41) is 33.9. The lowest BCUT2D eigenvalue weighted by molar-refractivity contribution is 0.122. The molecule has 2 aromatic carbocycles. The largest absolute Gasteiger partial charge is 0.399 e. The van der Waals surface area contributed by atoms with Crippen LogP contribution in [-0.4, -0.2) is 117 Å². The van der Waals surface area contributed by atoms with E-state index in [2.05, 4.69) is 109 Å². The minimum absolute atomic E-state index is 0.241. The zero-order valence-electron chi connectivity index (χ0n) is 32.8. The van der Waals surface area contributed by atoms with E-state index in [1.165, 1.54) is 37.1 Å². The van der Waals surface area contributed by atoms with E-state index in [0.717, 1.165) is 105 Å². The molecule has 0 atom stereocenters. The standard InChI is InChI=1S/C18H21N7O.C10H14N2O.C8H8ClN5.C4H10O/c1-2-12(1)20-16-15-11-19-24-17(15)23-18(22-16)21-13-3-5-14(6-4-13)25-7-9-26-10-8-25;11-9-1-3-10(4-2-9)12-5-7-13-8-6-12;9-8-12-6(11-4-1-2-4)5-3-10-14-7(5)13-8;1-2-3-4-5/h3-6,11-12H,1-2,7-10H2,(H3,19,20,21,22,23,24);1-4H,5-8,11H2;3-4H,1-2H2,(H2,10,11,12,13,14);5H,2-4H2,1H3. The Kier molecular flexibility index (Phi) is 14.2. The molecule has 308 valence electrons. The van der Waals surface area contributed by atoms with Crippen molar-refractivity contribution in [3.05, 3.63) is 66.2 Å². The van der Waals surface area contributed by atoms with Gasteiger partial charge in [-0.1, -0.05) is 13.3 Å². The van der Waals surface area contributed by atoms with Crippen LogP contribution in [0.1, 0.15) is 45.4 Å². The van der Waals surface area contributed by atoms with E-state index in [-0.39, 0.29) is 5.28 Å². The lowest BCUT2D eigenvalue weighted by Crippen LogP contribution is -2.36. The Morgan fingerprint density at radius 2 is 1.22 bits per heavy atom. The normalized spacial score (nSPS) is 16.3. The number of rotatable bonds is 10. The minimum atomic E-state index is 0.241. The van der Waals surface area contributed by atoms with Crippen LogP contribution in [0.25, 0.3) is 22.1 Å². The molecule has 2 saturated carbocycles. The van der Waals surface area contributed by atoms with Gasteiger partial charge >= 0.3 is 0 Å². The molecular formula is C40H53ClN14O3. The first-order valence-corrected chi connectivity index (χ1v) is 20.4. The first kappa shape index (κ1) is 40.7. The van der Waals surface area contributed by atoms with Crippen LogP contribution in [0.3, 0.4) is 0 Å². The van der Waals surface area contributed by atoms with Crippen LogP contribution < -0.4 is 31.5 Å². The van der Waals surface area contributed by atoms with E-state index in [4.69, 9.17) is 31.9 Å². The van der Waals surface area contributed by atoms with Crippen LogP contribution >= 0.6 is 11.6 Å². The lowest BCUT2D eigenvalue weighted by atomic mass is 10.2. The van der Waals surface area contributed by atoms with Crippen molar-refractivity contribution >= 4 is 74.0 Å². The van der Waals surface area contributed by atoms with Crippen LogP contribution in [-0.2, 0) is 9.47 Å². The number of unbranched alkanes of at least 4 members (excludes halogenated alkanes) is 1. The zero-order valence-corrected chi connectivity index (χ0v) is 33.6. The lowest BCUT2D eigenvalue weighted by Gasteiger charge is -2.28. The number of nitrogens with one attached hydrogen (secondary N) is 5. The summed E-state index contributed by atoms with van der Waals surface area (Å²) in [6.45, 7) is 9.43. The maximum atomic E-state index is 8.07. The van der Waals surface area contributed by atoms with Gasteiger partial charge in [-0.2, -0.15) is 30.1 Å². The number of nitrogens with two attached hydrogens (primary N) is 1. The van der Waals surface area contributed by atoms with E-state index < -0.39 is 0 Å². The van der Waals surface area contributed by atoms with E-state index in [0.29, 0.717) is 30.3 Å². The molecule has 17 nitrogen and oxygen atoms in total. The summed E-state index contributed by atoms with van der Waals surface area (Å²) in [7, 11) is 0. The molecule has 8 N–H and O–H groups in total. The Labute approximate surface area is 342 Å². The predicted molar refractivity (Wildman–Crippen MR) is 230 cm³/mol. The summed E-state index contributed by atoms with van der Waals surface area (Å²) in [6, 6.07) is 17.4. The van der Waals surface area contributed by atoms with Crippen molar-refractivity contribution in [2.45, 2.75) is 57.5 Å². The number of hydrogen-bond donors (Lipinski definition) is 7. The third-order valence-electron chi connectivity index (χ3n) is 9.71. The van der Waals surface area contributed by atoms with Crippen molar-refractivity contribution in [3.63, 3.8) is 0 Å². The second kappa shape index (κ2) is 20.3. The van der Waals surface area contributed by atoms with Crippen molar-refractivity contribution in [1.82, 2.24) is 40.3 Å². The number of benzene rings is 2. The fraction of sp³-hybridized carbons (Fsp3) is 0.450. The SMILES string of the molecule is CCCCO.Clc1nc(NC2CC2)c2cn[nH]c2n1.Nc1ccc(N2CCOCC2)cc1.c1cc(N2CCOCC2)ccc1Nc1nc(NC2CC2)c2cn[nH]c2n1. The Hall–Kier alpha value is -5.49. The minimum Gasteiger partial charge on any atom is -0.399 e. The highest BCUT2D eigenvalue weighted by Gasteiger charge is 2.24. The molecule has 6 heterocycles. The number of aliphatic hydroxyl groups is 1. The Bertz CT molecular complexity index is 2140. The molecule has 2 saturated heterocycles. The van der Waals surface area contributed by atoms with Gasteiger partial charge in [0.2, 0.25) is 11.2 Å². The second-order valence-corrected chi connectivity index (χ2v) is 14.7. The number of hydrogen-bond acceptors (Lipinski definition) is 15. The second-order valence-electron chi connectivity index (χ2n) is 14.4. The number of ether oxygens (including phenoxy) is 2. The Balaban J connectivity index is 0.000000135. The molecule has 58 heavy (non-hydrogen) atoms. The first-order chi connectivity index (χ1) is 28.4. The summed E-state index contributed by atoms with van der Waals surface area (Å²) >= 11 is 5.77. The van der Waals surface area contributed by atoms with Crippen LogP contribution in [0.15, 0.2) is 60.9 Å². The maximum absolute atomic E-state index is 8.07. The molecule has 4 fully saturated rings. The predicted octanol–water partition coefficient (Wildman–Crippen LogP) is 5.97. The number of aromatic amines is 2. The summed E-state index contributed by atoms with van der Waals surface area (Å²) in [5.41, 5.74) is 11.2. The number of morpholine rings is 2. The number of H-pyrrole nitrogens is 2. The molecule has 18 heteroatoms. The quantitative estimate of drug-likeness (QED) is 0.0626. The number of aliphatic hydroxyl groups excluding tert-OH is 1. The molecule has 0 unspecified atom stereocenters. The number of halogens is 1. The van der Waals surface area contributed by atoms with Crippen molar-refractivity contribution < 1.29 is 14.6 Å². The summed E-state index contributed by atoms with van der Waals surface area (Å²) < 4.78 is 10.7. The van der Waals surface area contributed by atoms with Crippen molar-refractivity contribution in [2.24, 2.45) is 0 Å². The van der Waals surface area contributed by atoms with Gasteiger partial charge < -0.3 is 46.1 Å². The fourth-order valence-electron chi connectivity index (χ4n) is 6.13. The Morgan fingerprint density at radius 1 is 0.724 bits per heavy atom. The van der Waals surface area contributed by atoms with Gasteiger partial charge in [0.15, 0.2) is 11.3 Å². The van der Waals surface area contributed by atoms with Crippen LogP contribution in [0.2, 0.25) is 5.28 Å². The molecule has 6 aromatic rings. The van der Waals surface area contributed by atoms with Crippen molar-refractivity contribution in [1.29, 1.82) is 0 Å². The van der Waals surface area contributed by atoms with Gasteiger partial charge in [0.25, 0.3) is 0 Å². The van der Waals surface area contributed by atoms with Gasteiger partial charge in [-0.05, 0) is 92.2 Å². The number of nitrogens with zero attached hydrogens (tertiary/aromatic N) is 8. The van der Waals surface area contributed by atoms with Crippen molar-refractivity contribution in [3.8, 4) is 0 Å². The molecule has 4 aromatic heterocycles. The summed E-state index contributed by atoms with van der Waals surface area (Å²) in [4.78, 5) is 22.0. The third-order valence-corrected chi connectivity index (χ3v) is 9.88. The van der Waals surface area contributed by atoms with Gasteiger partial charge in [0, 0.05) is 67.6 Å². The number of fused-ring (bicyclic) bond motifs is 2. The molecule has 0 bridgehead atoms. The molecule has 0 spiro atoms. The highest BCUT2D eigenvalue weighted by atomic mass is 35.5. The van der Waals surface area contributed by atoms with Crippen LogP contribution in [0.4, 0.5) is 40.3 Å². The summed E-state index contributed by atoms with van der Waals surface area (Å²) in [6.07, 6.45) is 10.3. The van der Waals surface area contributed by atoms with Gasteiger partial charge in [-0.15, -0.1) is 0 Å². The molecule has 0 radical (unpaired) electrons. The number of anilines is 7. The molecule has 2 aliphatic heterocycles. The van der Waals surface area contributed by atoms with E-state index >= 15 is 0 Å². The van der Waals surface area contributed by atoms with Gasteiger partial charge in [-0.3, -0.25) is 10.2 Å². The fourth-order valence-corrected chi connectivity index (χ4v) is 6.30. The van der Waals surface area contributed by atoms with E-state index in [1.54, 1.807) is 12.4 Å². The smallest absolute Gasteiger partial charge is 0.231 e. The van der Waals surface area contributed by atoms with E-state index in [1.807, 2.05) is 12.1 Å². The van der Waals surface area contributed by atoms with Gasteiger partial charge in [0.1, 0.15) is 11.6 Å². The molecule has 10 rings (SSSR count). The van der Waals surface area contributed by atoms with Gasteiger partial charge in [0.05, 0.1) is 49.6 Å². The Morgan fingerprint density at radius 3 is 1.71 bits per heavy atom. The summed E-state index contributed by atoms with van der Waals surface area (Å²) in [5.74, 6) is 2.17. The van der Waals surface area contributed by atoms with E-state index in [9.17, 15) is 0 Å². The average Bonchev–Trinajstić information content (AvgIpc) is 4.15. The number of nitrogen functional groups attached to an aromatic ring is 1. The highest BCUT2D eigenvalue weighted by Crippen LogP contribution is 2.30. The maximum Gasteiger partial charge on any atom is 0.231 e.